The molecule has 1 unspecified atom stereocenters. The summed E-state index contributed by atoms with van der Waals surface area (Å²) >= 11 is 0. The maximum absolute atomic E-state index is 13.3. The molecule has 0 radical (unpaired) electrons. The van der Waals surface area contributed by atoms with E-state index < -0.39 is 0 Å². The maximum atomic E-state index is 13.3. The van der Waals surface area contributed by atoms with Crippen molar-refractivity contribution >= 4 is 0 Å². The van der Waals surface area contributed by atoms with E-state index in [1.165, 1.54) is 12.1 Å². The number of benzene rings is 1. The Balaban J connectivity index is 2.17. The van der Waals surface area contributed by atoms with Crippen molar-refractivity contribution in [3.05, 3.63) is 47.8 Å². The summed E-state index contributed by atoms with van der Waals surface area (Å²) in [7, 11) is 0. The fourth-order valence-electron chi connectivity index (χ4n) is 1.91. The Morgan fingerprint density at radius 1 is 1.47 bits per heavy atom. The second-order valence-corrected chi connectivity index (χ2v) is 4.43. The smallest absolute Gasteiger partial charge is 0.130 e. The lowest BCUT2D eigenvalue weighted by molar-refractivity contribution is 0.289. The highest BCUT2D eigenvalue weighted by molar-refractivity contribution is 5.36. The van der Waals surface area contributed by atoms with E-state index in [1.807, 2.05) is 18.4 Å². The molecule has 1 heterocycles. The van der Waals surface area contributed by atoms with Crippen LogP contribution in [0.1, 0.15) is 31.1 Å². The standard InChI is InChI=1S/C14H18FN3O/c1-3-18-9-17-7-12(18)8-19-14-6-11(15)4-5-13(14)10(2)16/h4-7,9-10H,3,8,16H2,1-2H3. The van der Waals surface area contributed by atoms with Crippen LogP contribution in [0.4, 0.5) is 4.39 Å². The average molecular weight is 263 g/mol. The number of ether oxygens (including phenoxy) is 1. The molecular formula is C14H18FN3O. The van der Waals surface area contributed by atoms with E-state index >= 15 is 0 Å². The Labute approximate surface area is 112 Å². The molecule has 0 saturated heterocycles. The van der Waals surface area contributed by atoms with Gasteiger partial charge in [0.2, 0.25) is 0 Å². The SMILES string of the molecule is CCn1cncc1COc1cc(F)ccc1C(C)N. The number of halogens is 1. The lowest BCUT2D eigenvalue weighted by atomic mass is 10.1. The van der Waals surface area contributed by atoms with Crippen LogP contribution in [0, 0.1) is 5.82 Å². The van der Waals surface area contributed by atoms with Crippen LogP contribution in [-0.4, -0.2) is 9.55 Å². The predicted octanol–water partition coefficient (Wildman–Crippen LogP) is 2.64. The van der Waals surface area contributed by atoms with Gasteiger partial charge < -0.3 is 15.0 Å². The molecule has 2 aromatic rings. The van der Waals surface area contributed by atoms with E-state index in [-0.39, 0.29) is 11.9 Å². The van der Waals surface area contributed by atoms with E-state index in [0.29, 0.717) is 12.4 Å². The first kappa shape index (κ1) is 13.5. The molecule has 4 nitrogen and oxygen atoms in total. The first-order valence-electron chi connectivity index (χ1n) is 6.28. The molecule has 1 aromatic heterocycles. The summed E-state index contributed by atoms with van der Waals surface area (Å²) in [5.74, 6) is 0.155. The van der Waals surface area contributed by atoms with Gasteiger partial charge in [-0.05, 0) is 19.9 Å². The Morgan fingerprint density at radius 3 is 2.95 bits per heavy atom. The molecule has 0 spiro atoms. The quantitative estimate of drug-likeness (QED) is 0.902. The van der Waals surface area contributed by atoms with Gasteiger partial charge in [0, 0.05) is 24.2 Å². The predicted molar refractivity (Wildman–Crippen MR) is 71.2 cm³/mol. The number of rotatable bonds is 5. The molecule has 2 rings (SSSR count). The second-order valence-electron chi connectivity index (χ2n) is 4.43. The van der Waals surface area contributed by atoms with Crippen molar-refractivity contribution in [2.75, 3.05) is 0 Å². The minimum Gasteiger partial charge on any atom is -0.487 e. The van der Waals surface area contributed by atoms with E-state index in [2.05, 4.69) is 4.98 Å². The van der Waals surface area contributed by atoms with Gasteiger partial charge in [-0.2, -0.15) is 0 Å². The summed E-state index contributed by atoms with van der Waals surface area (Å²) in [5, 5.41) is 0. The number of aryl methyl sites for hydroxylation is 1. The lowest BCUT2D eigenvalue weighted by Gasteiger charge is -2.14. The minimum absolute atomic E-state index is 0.202. The molecule has 1 atom stereocenters. The first-order valence-corrected chi connectivity index (χ1v) is 6.28. The first-order chi connectivity index (χ1) is 9.11. The van der Waals surface area contributed by atoms with Crippen molar-refractivity contribution in [2.24, 2.45) is 5.73 Å². The van der Waals surface area contributed by atoms with Crippen molar-refractivity contribution < 1.29 is 9.13 Å². The summed E-state index contributed by atoms with van der Waals surface area (Å²) in [6, 6.07) is 4.21. The zero-order valence-electron chi connectivity index (χ0n) is 11.1. The van der Waals surface area contributed by atoms with E-state index in [9.17, 15) is 4.39 Å². The van der Waals surface area contributed by atoms with Crippen LogP contribution in [0.15, 0.2) is 30.7 Å². The van der Waals surface area contributed by atoms with Gasteiger partial charge in [0.15, 0.2) is 0 Å². The van der Waals surface area contributed by atoms with Crippen LogP contribution in [0.25, 0.3) is 0 Å². The average Bonchev–Trinajstić information content (AvgIpc) is 2.83. The van der Waals surface area contributed by atoms with Gasteiger partial charge in [0.05, 0.1) is 18.2 Å². The van der Waals surface area contributed by atoms with Crippen LogP contribution in [0.5, 0.6) is 5.75 Å². The Hall–Kier alpha value is -1.88. The van der Waals surface area contributed by atoms with Crippen molar-refractivity contribution in [1.82, 2.24) is 9.55 Å². The summed E-state index contributed by atoms with van der Waals surface area (Å²) < 4.78 is 20.9. The van der Waals surface area contributed by atoms with E-state index in [4.69, 9.17) is 10.5 Å². The molecule has 19 heavy (non-hydrogen) atoms. The van der Waals surface area contributed by atoms with Crippen molar-refractivity contribution in [1.29, 1.82) is 0 Å². The summed E-state index contributed by atoms with van der Waals surface area (Å²) in [4.78, 5) is 4.06. The molecule has 0 aliphatic rings. The number of imidazole rings is 1. The fraction of sp³-hybridized carbons (Fsp3) is 0.357. The monoisotopic (exact) mass is 263 g/mol. The zero-order valence-corrected chi connectivity index (χ0v) is 11.1. The molecule has 5 heteroatoms. The van der Waals surface area contributed by atoms with Crippen LogP contribution in [0.2, 0.25) is 0 Å². The topological polar surface area (TPSA) is 53.1 Å². The van der Waals surface area contributed by atoms with Gasteiger partial charge in [-0.1, -0.05) is 6.07 Å². The second kappa shape index (κ2) is 5.84. The van der Waals surface area contributed by atoms with Gasteiger partial charge in [0.1, 0.15) is 18.2 Å². The number of nitrogens with two attached hydrogens (primary N) is 1. The molecule has 0 aliphatic carbocycles. The Bertz CT molecular complexity index is 551. The summed E-state index contributed by atoms with van der Waals surface area (Å²) in [5.41, 5.74) is 7.59. The molecule has 102 valence electrons. The number of aromatic nitrogens is 2. The van der Waals surface area contributed by atoms with Crippen LogP contribution in [0.3, 0.4) is 0 Å². The zero-order chi connectivity index (χ0) is 13.8. The van der Waals surface area contributed by atoms with Gasteiger partial charge in [0.25, 0.3) is 0 Å². The molecule has 0 aliphatic heterocycles. The fourth-order valence-corrected chi connectivity index (χ4v) is 1.91. The van der Waals surface area contributed by atoms with Gasteiger partial charge in [-0.25, -0.2) is 9.37 Å². The molecule has 2 N–H and O–H groups in total. The number of hydrogen-bond acceptors (Lipinski definition) is 3. The largest absolute Gasteiger partial charge is 0.487 e. The molecule has 1 aromatic carbocycles. The summed E-state index contributed by atoms with van der Waals surface area (Å²) in [6.07, 6.45) is 3.49. The lowest BCUT2D eigenvalue weighted by Crippen LogP contribution is -2.09. The van der Waals surface area contributed by atoms with E-state index in [1.54, 1.807) is 18.6 Å². The van der Waals surface area contributed by atoms with Crippen LogP contribution >= 0.6 is 0 Å². The highest BCUT2D eigenvalue weighted by Crippen LogP contribution is 2.25. The van der Waals surface area contributed by atoms with Crippen LogP contribution in [-0.2, 0) is 13.2 Å². The normalized spacial score (nSPS) is 12.4. The van der Waals surface area contributed by atoms with Gasteiger partial charge >= 0.3 is 0 Å². The molecule has 0 fully saturated rings. The molecule has 0 amide bonds. The highest BCUT2D eigenvalue weighted by Gasteiger charge is 2.10. The van der Waals surface area contributed by atoms with Gasteiger partial charge in [-0.3, -0.25) is 0 Å². The highest BCUT2D eigenvalue weighted by atomic mass is 19.1. The molecule has 0 bridgehead atoms. The minimum atomic E-state index is -0.330. The van der Waals surface area contributed by atoms with E-state index in [0.717, 1.165) is 17.8 Å². The number of hydrogen-bond donors (Lipinski definition) is 1. The molecule has 0 saturated carbocycles. The Morgan fingerprint density at radius 2 is 2.26 bits per heavy atom. The third-order valence-electron chi connectivity index (χ3n) is 2.98. The van der Waals surface area contributed by atoms with Crippen molar-refractivity contribution in [2.45, 2.75) is 33.0 Å². The maximum Gasteiger partial charge on any atom is 0.130 e. The van der Waals surface area contributed by atoms with Gasteiger partial charge in [-0.15, -0.1) is 0 Å². The van der Waals surface area contributed by atoms with Crippen LogP contribution < -0.4 is 10.5 Å². The van der Waals surface area contributed by atoms with Crippen molar-refractivity contribution in [3.63, 3.8) is 0 Å². The third kappa shape index (κ3) is 3.12. The molecular weight excluding hydrogens is 245 g/mol. The third-order valence-corrected chi connectivity index (χ3v) is 2.98. The van der Waals surface area contributed by atoms with Crippen molar-refractivity contribution in [3.8, 4) is 5.75 Å². The summed E-state index contributed by atoms with van der Waals surface area (Å²) in [6.45, 7) is 5.04. The Kier molecular flexibility index (Phi) is 4.16. The number of nitrogens with zero attached hydrogens (tertiary/aromatic N) is 2.